The van der Waals surface area contributed by atoms with E-state index in [0.717, 1.165) is 12.8 Å². The van der Waals surface area contributed by atoms with E-state index in [2.05, 4.69) is 40.7 Å². The van der Waals surface area contributed by atoms with Gasteiger partial charge >= 0.3 is 11.9 Å². The fourth-order valence-corrected chi connectivity index (χ4v) is 16.5. The predicted molar refractivity (Wildman–Crippen MR) is 263 cm³/mol. The Morgan fingerprint density at radius 1 is 0.590 bits per heavy atom. The molecule has 24 heteroatoms. The summed E-state index contributed by atoms with van der Waals surface area (Å²) >= 11 is 0. The Hall–Kier alpha value is -2.12. The van der Waals surface area contributed by atoms with Gasteiger partial charge in [0.2, 0.25) is 6.29 Å². The quantitative estimate of drug-likeness (QED) is 0.0574. The summed E-state index contributed by atoms with van der Waals surface area (Å²) in [4.78, 5) is 27.5. The summed E-state index contributed by atoms with van der Waals surface area (Å²) < 4.78 is 46.9. The van der Waals surface area contributed by atoms with E-state index in [1.165, 1.54) is 12.5 Å². The molecule has 0 aromatic rings. The minimum atomic E-state index is -2.12. The molecule has 0 aromatic heterocycles. The molecule has 4 aliphatic heterocycles. The Bertz CT molecular complexity index is 2200. The van der Waals surface area contributed by atoms with Crippen molar-refractivity contribution in [1.29, 1.82) is 0 Å². The van der Waals surface area contributed by atoms with E-state index < -0.39 is 176 Å². The number of aliphatic hydroxyl groups excluding tert-OH is 13. The van der Waals surface area contributed by atoms with Crippen LogP contribution in [0.5, 0.6) is 0 Å². The highest BCUT2D eigenvalue weighted by atomic mass is 16.8. The number of rotatable bonds is 12. The first-order valence-electron chi connectivity index (χ1n) is 27.8. The fourth-order valence-electron chi connectivity index (χ4n) is 16.5. The van der Waals surface area contributed by atoms with Crippen LogP contribution in [0.3, 0.4) is 0 Å². The molecule has 0 unspecified atom stereocenters. The van der Waals surface area contributed by atoms with E-state index in [4.69, 9.17) is 37.9 Å². The molecule has 29 atom stereocenters. The van der Waals surface area contributed by atoms with Crippen molar-refractivity contribution < 1.29 is 119 Å². The Kier molecular flexibility index (Phi) is 16.9. The average molecular weight is 1120 g/mol. The topological polar surface area (TPSA) is 391 Å². The van der Waals surface area contributed by atoms with E-state index >= 15 is 0 Å². The summed E-state index contributed by atoms with van der Waals surface area (Å²) in [5, 5.41) is 151. The number of esters is 1. The second kappa shape index (κ2) is 21.8. The maximum Gasteiger partial charge on any atom is 0.335 e. The zero-order chi connectivity index (χ0) is 57.1. The number of aliphatic carboxylic acids is 1. The molecule has 14 N–H and O–H groups in total. The third-order valence-electron chi connectivity index (χ3n) is 21.5. The van der Waals surface area contributed by atoms with Crippen molar-refractivity contribution in [3.8, 4) is 0 Å². The highest BCUT2D eigenvalue weighted by Gasteiger charge is 2.71. The minimum absolute atomic E-state index is 0.0688. The molecule has 78 heavy (non-hydrogen) atoms. The van der Waals surface area contributed by atoms with Gasteiger partial charge in [0.05, 0.1) is 37.4 Å². The molecule has 4 heterocycles. The Balaban J connectivity index is 0.942. The molecule has 8 fully saturated rings. The highest BCUT2D eigenvalue weighted by molar-refractivity contribution is 5.79. The Morgan fingerprint density at radius 3 is 1.78 bits per heavy atom. The summed E-state index contributed by atoms with van der Waals surface area (Å²) in [6, 6.07) is 0. The lowest BCUT2D eigenvalue weighted by atomic mass is 9.33. The maximum atomic E-state index is 14.8. The molecule has 0 aromatic carbocycles. The van der Waals surface area contributed by atoms with Gasteiger partial charge in [-0.3, -0.25) is 4.79 Å². The molecule has 5 aliphatic carbocycles. The molecule has 4 saturated heterocycles. The summed E-state index contributed by atoms with van der Waals surface area (Å²) in [6.07, 6.45) is -27.4. The second-order valence-corrected chi connectivity index (χ2v) is 26.1. The lowest BCUT2D eigenvalue weighted by molar-refractivity contribution is -0.382. The van der Waals surface area contributed by atoms with Crippen LogP contribution in [0.2, 0.25) is 0 Å². The zero-order valence-electron chi connectivity index (χ0n) is 45.5. The van der Waals surface area contributed by atoms with Crippen LogP contribution < -0.4 is 0 Å². The zero-order valence-corrected chi connectivity index (χ0v) is 45.5. The number of carbonyl (C=O) groups is 2. The number of carboxylic acid groups (broad SMARTS) is 1. The number of carboxylic acids is 1. The average Bonchev–Trinajstić information content (AvgIpc) is 3.56. The number of ether oxygens (including phenoxy) is 8. The molecule has 24 nitrogen and oxygen atoms in total. The van der Waals surface area contributed by atoms with Gasteiger partial charge in [0.1, 0.15) is 85.5 Å². The number of allylic oxidation sites excluding steroid dienone is 2. The van der Waals surface area contributed by atoms with Crippen LogP contribution in [0.15, 0.2) is 11.6 Å². The molecule has 9 aliphatic rings. The van der Waals surface area contributed by atoms with Gasteiger partial charge in [-0.05, 0) is 111 Å². The van der Waals surface area contributed by atoms with Crippen molar-refractivity contribution in [3.05, 3.63) is 11.6 Å². The van der Waals surface area contributed by atoms with Crippen LogP contribution in [0.1, 0.15) is 113 Å². The summed E-state index contributed by atoms with van der Waals surface area (Å²) in [7, 11) is 0. The van der Waals surface area contributed by atoms with Crippen molar-refractivity contribution in [2.45, 2.75) is 242 Å². The smallest absolute Gasteiger partial charge is 0.335 e. The number of hydrogen-bond donors (Lipinski definition) is 14. The minimum Gasteiger partial charge on any atom is -0.479 e. The number of fused-ring (bicyclic) bond motifs is 7. The first-order valence-corrected chi connectivity index (χ1v) is 27.8. The van der Waals surface area contributed by atoms with Gasteiger partial charge in [-0.25, -0.2) is 4.79 Å². The molecule has 4 saturated carbocycles. The first-order chi connectivity index (χ1) is 36.5. The lowest BCUT2D eigenvalue weighted by Gasteiger charge is -2.71. The van der Waals surface area contributed by atoms with E-state index in [9.17, 15) is 81.1 Å². The van der Waals surface area contributed by atoms with Crippen LogP contribution in [-0.4, -0.2) is 232 Å². The SMILES string of the molecule is C[C@@H]1O[C@@H](O[C@H]2[C@@H](O)[C@@H](CO)O[C@@H](O[C@@H]3[C@@H](O)[C@H](O[C@H]4CC[C@@]5(C)[C@@H](CC[C@]6(C)[C@@H]5CC=C5[C@@H]7CC(C)(C)CC[C@@]7(C(=O)O[C@@H]7O[C@H](CO)[C@@H](O)[C@H](O)[C@H]7O)CC[C@]56C)[C@]4(C)CO)O[C@H](C(=O)O)[C@H]3O)[C@@H]2O)[C@H](O)[C@H](O)[C@H]1O. The van der Waals surface area contributed by atoms with Crippen molar-refractivity contribution in [3.63, 3.8) is 0 Å². The van der Waals surface area contributed by atoms with Crippen molar-refractivity contribution in [2.24, 2.45) is 50.2 Å². The second-order valence-electron chi connectivity index (χ2n) is 26.1. The van der Waals surface area contributed by atoms with E-state index in [-0.39, 0.29) is 35.2 Å². The van der Waals surface area contributed by atoms with Gasteiger partial charge in [-0.1, -0.05) is 53.2 Å². The normalized spacial score (nSPS) is 54.1. The standard InChI is InChI=1S/C54H86O24/c1-22-30(58)33(61)35(63)44(71-22)75-40-32(60)26(20-56)73-46(38(40)66)76-41-37(65)42(43(68)69)77-47(39(41)67)74-29-11-12-50(4)27(51(29,5)21-57)10-13-53(7)28(50)9-8-23-24-18-49(2,3)14-16-54(24,17-15-52(23,53)6)48(70)78-45-36(64)34(62)31(59)25(19-55)72-45/h8,22,24-42,44-47,55-67H,9-21H2,1-7H3,(H,68,69)/t22-,24-,25+,26+,27+,28+,29-,30-,31+,32-,33+,34-,35+,36+,37-,38+,39+,40-,41-,42-,44-,45-,46-,47+,50-,51-,52+,53+,54+/m0/s1. The molecule has 0 spiro atoms. The van der Waals surface area contributed by atoms with Crippen LogP contribution in [0, 0.1) is 50.2 Å². The molecular formula is C54H86O24. The van der Waals surface area contributed by atoms with Gasteiger partial charge in [0.25, 0.3) is 0 Å². The molecule has 0 amide bonds. The van der Waals surface area contributed by atoms with Crippen LogP contribution in [0.4, 0.5) is 0 Å². The highest BCUT2D eigenvalue weighted by Crippen LogP contribution is 2.76. The largest absolute Gasteiger partial charge is 0.479 e. The molecule has 0 radical (unpaired) electrons. The van der Waals surface area contributed by atoms with Crippen molar-refractivity contribution in [2.75, 3.05) is 19.8 Å². The fraction of sp³-hybridized carbons (Fsp3) is 0.926. The lowest BCUT2D eigenvalue weighted by Crippen LogP contribution is -2.68. The number of hydrogen-bond acceptors (Lipinski definition) is 23. The Labute approximate surface area is 453 Å². The van der Waals surface area contributed by atoms with Gasteiger partial charge in [-0.2, -0.15) is 0 Å². The van der Waals surface area contributed by atoms with Gasteiger partial charge in [0, 0.05) is 5.41 Å². The van der Waals surface area contributed by atoms with E-state index in [1.807, 2.05) is 6.92 Å². The Morgan fingerprint density at radius 2 is 1.15 bits per heavy atom. The molecule has 0 bridgehead atoms. The van der Waals surface area contributed by atoms with Gasteiger partial charge in [0.15, 0.2) is 25.0 Å². The first kappa shape index (κ1) is 60.5. The van der Waals surface area contributed by atoms with Crippen LogP contribution in [0.25, 0.3) is 0 Å². The number of aliphatic hydroxyl groups is 13. The number of carbonyl (C=O) groups excluding carboxylic acids is 1. The summed E-state index contributed by atoms with van der Waals surface area (Å²) in [5.74, 6) is -2.56. The molecule has 446 valence electrons. The van der Waals surface area contributed by atoms with E-state index in [0.29, 0.717) is 51.4 Å². The molecular weight excluding hydrogens is 1030 g/mol. The van der Waals surface area contributed by atoms with E-state index in [1.54, 1.807) is 0 Å². The van der Waals surface area contributed by atoms with Crippen molar-refractivity contribution >= 4 is 11.9 Å². The van der Waals surface area contributed by atoms with Crippen molar-refractivity contribution in [1.82, 2.24) is 0 Å². The maximum absolute atomic E-state index is 14.8. The third-order valence-corrected chi connectivity index (χ3v) is 21.5. The monoisotopic (exact) mass is 1120 g/mol. The summed E-state index contributed by atoms with van der Waals surface area (Å²) in [6.45, 7) is 12.7. The summed E-state index contributed by atoms with van der Waals surface area (Å²) in [5.41, 5.74) is -2.05. The van der Waals surface area contributed by atoms with Crippen LogP contribution in [-0.2, 0) is 47.5 Å². The predicted octanol–water partition coefficient (Wildman–Crippen LogP) is -1.94. The van der Waals surface area contributed by atoms with Crippen LogP contribution >= 0.6 is 0 Å². The molecule has 9 rings (SSSR count). The third kappa shape index (κ3) is 9.63. The van der Waals surface area contributed by atoms with Gasteiger partial charge in [-0.15, -0.1) is 0 Å². The van der Waals surface area contributed by atoms with Gasteiger partial charge < -0.3 is 109 Å².